The second-order valence-corrected chi connectivity index (χ2v) is 4.95. The normalized spacial score (nSPS) is 10.7. The highest BCUT2D eigenvalue weighted by atomic mass is 32.1. The van der Waals surface area contributed by atoms with Crippen molar-refractivity contribution in [2.24, 2.45) is 0 Å². The van der Waals surface area contributed by atoms with Gasteiger partial charge in [0, 0.05) is 7.05 Å². The number of para-hydroxylation sites is 1. The molecule has 2 rings (SSSR count). The molecule has 1 N–H and O–H groups in total. The highest BCUT2D eigenvalue weighted by molar-refractivity contribution is 7.15. The zero-order chi connectivity index (χ0) is 13.1. The van der Waals surface area contributed by atoms with Crippen LogP contribution in [0.3, 0.4) is 0 Å². The Morgan fingerprint density at radius 2 is 2.11 bits per heavy atom. The van der Waals surface area contributed by atoms with E-state index in [9.17, 15) is 9.50 Å². The van der Waals surface area contributed by atoms with Crippen molar-refractivity contribution in [3.05, 3.63) is 40.7 Å². The van der Waals surface area contributed by atoms with Gasteiger partial charge in [-0.25, -0.2) is 9.37 Å². The predicted octanol–water partition coefficient (Wildman–Crippen LogP) is 3.10. The molecule has 0 fully saturated rings. The maximum absolute atomic E-state index is 13.7. The first kappa shape index (κ1) is 13.0. The van der Waals surface area contributed by atoms with E-state index in [0.717, 1.165) is 17.0 Å². The fraction of sp³-hybridized carbons (Fsp3) is 0.308. The molecule has 0 aliphatic heterocycles. The third-order valence-corrected chi connectivity index (χ3v) is 3.91. The molecule has 2 aromatic rings. The van der Waals surface area contributed by atoms with Crippen LogP contribution in [0.2, 0.25) is 0 Å². The summed E-state index contributed by atoms with van der Waals surface area (Å²) in [6.45, 7) is 1.97. The van der Waals surface area contributed by atoms with E-state index in [1.807, 2.05) is 6.92 Å². The number of halogens is 1. The monoisotopic (exact) mass is 266 g/mol. The van der Waals surface area contributed by atoms with Gasteiger partial charge in [0.15, 0.2) is 5.13 Å². The van der Waals surface area contributed by atoms with Gasteiger partial charge < -0.3 is 10.0 Å². The molecule has 0 radical (unpaired) electrons. The number of aryl methyl sites for hydroxylation is 1. The van der Waals surface area contributed by atoms with Gasteiger partial charge in [-0.3, -0.25) is 0 Å². The highest BCUT2D eigenvalue weighted by Crippen LogP contribution is 2.32. The predicted molar refractivity (Wildman–Crippen MR) is 71.9 cm³/mol. The topological polar surface area (TPSA) is 36.4 Å². The lowest BCUT2D eigenvalue weighted by Crippen LogP contribution is -2.10. The number of hydrogen-bond donors (Lipinski definition) is 1. The molecule has 0 unspecified atom stereocenters. The molecule has 18 heavy (non-hydrogen) atoms. The van der Waals surface area contributed by atoms with Crippen molar-refractivity contribution in [2.75, 3.05) is 11.9 Å². The van der Waals surface area contributed by atoms with Crippen molar-refractivity contribution in [3.63, 3.8) is 0 Å². The van der Waals surface area contributed by atoms with E-state index in [-0.39, 0.29) is 12.4 Å². The summed E-state index contributed by atoms with van der Waals surface area (Å²) in [6, 6.07) is 6.58. The minimum atomic E-state index is -0.279. The molecule has 5 heteroatoms. The molecule has 1 aromatic carbocycles. The lowest BCUT2D eigenvalue weighted by Gasteiger charge is -2.16. The number of hydrogen-bond acceptors (Lipinski definition) is 4. The molecule has 3 nitrogen and oxygen atoms in total. The van der Waals surface area contributed by atoms with Crippen molar-refractivity contribution in [3.8, 4) is 0 Å². The number of aliphatic hydroxyl groups is 1. The van der Waals surface area contributed by atoms with Crippen molar-refractivity contribution >= 4 is 22.2 Å². The van der Waals surface area contributed by atoms with Gasteiger partial charge >= 0.3 is 0 Å². The maximum Gasteiger partial charge on any atom is 0.190 e. The molecule has 0 bridgehead atoms. The number of benzene rings is 1. The molecular weight excluding hydrogens is 251 g/mol. The van der Waals surface area contributed by atoms with E-state index in [1.165, 1.54) is 17.4 Å². The smallest absolute Gasteiger partial charge is 0.190 e. The fourth-order valence-corrected chi connectivity index (χ4v) is 2.72. The summed E-state index contributed by atoms with van der Waals surface area (Å²) in [5.74, 6) is -0.279. The maximum atomic E-state index is 13.7. The average Bonchev–Trinajstić information content (AvgIpc) is 2.81. The lowest BCUT2D eigenvalue weighted by molar-refractivity contribution is 0.284. The number of anilines is 2. The second-order valence-electron chi connectivity index (χ2n) is 3.89. The standard InChI is InChI=1S/C13H15FN2OS/c1-3-10-12(8-17)18-13(15-10)16(2)11-7-5-4-6-9(11)14/h4-7,17H,3,8H2,1-2H3. The van der Waals surface area contributed by atoms with Gasteiger partial charge in [-0.1, -0.05) is 30.4 Å². The van der Waals surface area contributed by atoms with Crippen molar-refractivity contribution in [2.45, 2.75) is 20.0 Å². The number of thiazole rings is 1. The zero-order valence-corrected chi connectivity index (χ0v) is 11.2. The summed E-state index contributed by atoms with van der Waals surface area (Å²) in [6.07, 6.45) is 0.761. The quantitative estimate of drug-likeness (QED) is 0.923. The lowest BCUT2D eigenvalue weighted by atomic mass is 10.3. The van der Waals surface area contributed by atoms with Crippen LogP contribution in [0.15, 0.2) is 24.3 Å². The minimum Gasteiger partial charge on any atom is -0.391 e. The summed E-state index contributed by atoms with van der Waals surface area (Å²) in [4.78, 5) is 6.98. The van der Waals surface area contributed by atoms with Gasteiger partial charge in [-0.05, 0) is 18.6 Å². The van der Waals surface area contributed by atoms with Crippen LogP contribution in [0, 0.1) is 5.82 Å². The van der Waals surface area contributed by atoms with Crippen LogP contribution in [-0.4, -0.2) is 17.1 Å². The molecule has 1 aromatic heterocycles. The third kappa shape index (κ3) is 2.37. The summed E-state index contributed by atoms with van der Waals surface area (Å²) in [7, 11) is 1.78. The van der Waals surface area contributed by atoms with Crippen molar-refractivity contribution < 1.29 is 9.50 Å². The zero-order valence-electron chi connectivity index (χ0n) is 10.4. The average molecular weight is 266 g/mol. The van der Waals surface area contributed by atoms with Gasteiger partial charge in [-0.15, -0.1) is 0 Å². The van der Waals surface area contributed by atoms with Crippen molar-refractivity contribution in [1.82, 2.24) is 4.98 Å². The number of rotatable bonds is 4. The van der Waals surface area contributed by atoms with Crippen LogP contribution in [0.1, 0.15) is 17.5 Å². The van der Waals surface area contributed by atoms with Gasteiger partial charge in [0.2, 0.25) is 0 Å². The number of aromatic nitrogens is 1. The summed E-state index contributed by atoms with van der Waals surface area (Å²) >= 11 is 1.39. The van der Waals surface area contributed by atoms with Gasteiger partial charge in [0.05, 0.1) is 22.9 Å². The largest absolute Gasteiger partial charge is 0.391 e. The van der Waals surface area contributed by atoms with E-state index < -0.39 is 0 Å². The third-order valence-electron chi connectivity index (χ3n) is 2.75. The summed E-state index contributed by atoms with van der Waals surface area (Å²) in [5, 5.41) is 9.94. The molecule has 0 atom stereocenters. The Balaban J connectivity index is 2.37. The summed E-state index contributed by atoms with van der Waals surface area (Å²) < 4.78 is 13.7. The molecule has 0 aliphatic carbocycles. The first-order valence-electron chi connectivity index (χ1n) is 5.75. The molecule has 0 spiro atoms. The molecule has 0 aliphatic rings. The molecule has 0 amide bonds. The minimum absolute atomic E-state index is 0.0219. The fourth-order valence-electron chi connectivity index (χ4n) is 1.74. The van der Waals surface area contributed by atoms with Gasteiger partial charge in [0.25, 0.3) is 0 Å². The van der Waals surface area contributed by atoms with Crippen LogP contribution in [-0.2, 0) is 13.0 Å². The van der Waals surface area contributed by atoms with Gasteiger partial charge in [-0.2, -0.15) is 0 Å². The summed E-state index contributed by atoms with van der Waals surface area (Å²) in [5.41, 5.74) is 1.36. The van der Waals surface area contributed by atoms with Crippen LogP contribution in [0.25, 0.3) is 0 Å². The van der Waals surface area contributed by atoms with E-state index in [2.05, 4.69) is 4.98 Å². The van der Waals surface area contributed by atoms with E-state index >= 15 is 0 Å². The van der Waals surface area contributed by atoms with Crippen LogP contribution >= 0.6 is 11.3 Å². The Bertz CT molecular complexity index is 520. The van der Waals surface area contributed by atoms with Crippen LogP contribution < -0.4 is 4.90 Å². The Morgan fingerprint density at radius 1 is 1.39 bits per heavy atom. The van der Waals surface area contributed by atoms with E-state index in [0.29, 0.717) is 10.8 Å². The second kappa shape index (κ2) is 5.46. The van der Waals surface area contributed by atoms with E-state index in [1.54, 1.807) is 30.1 Å². The number of nitrogens with zero attached hydrogens (tertiary/aromatic N) is 2. The Kier molecular flexibility index (Phi) is 3.93. The SMILES string of the molecule is CCc1nc(N(C)c2ccccc2F)sc1CO. The highest BCUT2D eigenvalue weighted by Gasteiger charge is 2.15. The molecule has 0 saturated heterocycles. The first-order chi connectivity index (χ1) is 8.67. The molecular formula is C13H15FN2OS. The van der Waals surface area contributed by atoms with E-state index in [4.69, 9.17) is 0 Å². The first-order valence-corrected chi connectivity index (χ1v) is 6.56. The van der Waals surface area contributed by atoms with Crippen molar-refractivity contribution in [1.29, 1.82) is 0 Å². The van der Waals surface area contributed by atoms with Gasteiger partial charge in [0.1, 0.15) is 5.82 Å². The molecule has 0 saturated carbocycles. The Hall–Kier alpha value is -1.46. The Labute approximate surface area is 110 Å². The Morgan fingerprint density at radius 3 is 2.67 bits per heavy atom. The molecule has 96 valence electrons. The molecule has 1 heterocycles. The number of aliphatic hydroxyl groups excluding tert-OH is 1. The van der Waals surface area contributed by atoms with Crippen LogP contribution in [0.5, 0.6) is 0 Å². The van der Waals surface area contributed by atoms with Crippen LogP contribution in [0.4, 0.5) is 15.2 Å².